The molecule has 6 atom stereocenters. The normalized spacial score (nSPS) is 25.9. The molecule has 0 aromatic heterocycles. The van der Waals surface area contributed by atoms with Crippen molar-refractivity contribution in [3.05, 3.63) is 142 Å². The van der Waals surface area contributed by atoms with Crippen LogP contribution in [0.15, 0.2) is 103 Å². The highest BCUT2D eigenvalue weighted by Crippen LogP contribution is 2.56. The number of aliphatic hydroxyl groups excluding tert-OH is 1. The van der Waals surface area contributed by atoms with E-state index in [1.165, 1.54) is 22.3 Å². The first-order chi connectivity index (χ1) is 22.8. The molecule has 1 unspecified atom stereocenters. The van der Waals surface area contributed by atoms with E-state index in [0.717, 1.165) is 42.4 Å². The number of hydrogen-bond donors (Lipinski definition) is 1. The molecule has 248 valence electrons. The van der Waals surface area contributed by atoms with Gasteiger partial charge >= 0.3 is 0 Å². The molecular formula is C41H47IO5. The number of halogens is 1. The number of alkyl halides is 1. The number of unbranched alkanes of at least 4 members (excludes halogenated alkanes) is 1. The van der Waals surface area contributed by atoms with Crippen LogP contribution in [0.4, 0.5) is 0 Å². The molecule has 0 amide bonds. The highest BCUT2D eigenvalue weighted by Gasteiger charge is 2.68. The lowest BCUT2D eigenvalue weighted by Crippen LogP contribution is -2.64. The van der Waals surface area contributed by atoms with Gasteiger partial charge in [0.25, 0.3) is 0 Å². The number of ether oxygens (including phenoxy) is 4. The number of benzene rings is 4. The van der Waals surface area contributed by atoms with Crippen molar-refractivity contribution in [1.82, 2.24) is 0 Å². The number of aryl methyl sites for hydroxylation is 2. The monoisotopic (exact) mass is 746 g/mol. The molecule has 0 saturated carbocycles. The molecule has 6 rings (SSSR count). The molecule has 0 radical (unpaired) electrons. The van der Waals surface area contributed by atoms with E-state index in [0.29, 0.717) is 19.8 Å². The molecule has 2 aliphatic rings. The van der Waals surface area contributed by atoms with Crippen molar-refractivity contribution in [1.29, 1.82) is 0 Å². The van der Waals surface area contributed by atoms with Gasteiger partial charge in [-0.05, 0) is 72.1 Å². The van der Waals surface area contributed by atoms with Gasteiger partial charge < -0.3 is 24.1 Å². The van der Waals surface area contributed by atoms with Crippen LogP contribution in [0.25, 0.3) is 0 Å². The summed E-state index contributed by atoms with van der Waals surface area (Å²) in [5, 5.41) is 9.14. The third-order valence-corrected chi connectivity index (χ3v) is 11.1. The van der Waals surface area contributed by atoms with Gasteiger partial charge in [0.05, 0.1) is 25.9 Å². The van der Waals surface area contributed by atoms with Crippen molar-refractivity contribution in [3.8, 4) is 0 Å². The molecule has 0 spiro atoms. The predicted octanol–water partition coefficient (Wildman–Crippen LogP) is 8.48. The number of aliphatic hydroxyl groups is 1. The number of fused-ring (bicyclic) bond motifs is 2. The van der Waals surface area contributed by atoms with Gasteiger partial charge in [0, 0.05) is 22.0 Å². The minimum absolute atomic E-state index is 0.0234. The van der Waals surface area contributed by atoms with Gasteiger partial charge in [0.1, 0.15) is 11.7 Å². The quantitative estimate of drug-likeness (QED) is 0.0798. The maximum Gasteiger partial charge on any atom is 0.225 e. The SMILES string of the molecule is Cc1ccc([C@]23OC[C@](C(C)I)(O2)[C@@H](C)[C@H](OCc2ccccc2)[C@H]3OCc2ccccc2)cc1Cc1ccc(CCCCO)cc1. The van der Waals surface area contributed by atoms with Crippen LogP contribution in [-0.4, -0.2) is 40.1 Å². The van der Waals surface area contributed by atoms with Crippen LogP contribution in [0.3, 0.4) is 0 Å². The zero-order valence-electron chi connectivity index (χ0n) is 27.7. The largest absolute Gasteiger partial charge is 0.396 e. The minimum Gasteiger partial charge on any atom is -0.396 e. The first-order valence-electron chi connectivity index (χ1n) is 16.9. The fourth-order valence-electron chi connectivity index (χ4n) is 7.07. The third-order valence-electron chi connectivity index (χ3n) is 10.1. The zero-order valence-corrected chi connectivity index (χ0v) is 29.9. The third kappa shape index (κ3) is 7.38. The van der Waals surface area contributed by atoms with Crippen molar-refractivity contribution in [2.75, 3.05) is 13.2 Å². The summed E-state index contributed by atoms with van der Waals surface area (Å²) in [5.41, 5.74) is 7.69. The Balaban J connectivity index is 1.35. The first kappa shape index (κ1) is 34.3. The minimum atomic E-state index is -1.12. The van der Waals surface area contributed by atoms with Crippen LogP contribution >= 0.6 is 22.6 Å². The van der Waals surface area contributed by atoms with Gasteiger partial charge in [-0.15, -0.1) is 0 Å². The molecule has 2 heterocycles. The second-order valence-corrected chi connectivity index (χ2v) is 15.1. The molecule has 2 fully saturated rings. The van der Waals surface area contributed by atoms with E-state index in [4.69, 9.17) is 24.1 Å². The van der Waals surface area contributed by atoms with Gasteiger partial charge in [-0.25, -0.2) is 0 Å². The van der Waals surface area contributed by atoms with Gasteiger partial charge in [-0.3, -0.25) is 0 Å². The topological polar surface area (TPSA) is 57.2 Å². The Kier molecular flexibility index (Phi) is 11.2. The molecule has 0 aliphatic carbocycles. The Morgan fingerprint density at radius 3 is 2.11 bits per heavy atom. The molecule has 2 bridgehead atoms. The molecule has 5 nitrogen and oxygen atoms in total. The Bertz CT molecular complexity index is 1580. The standard InChI is InChI=1S/C41H47IO5/c1-29-17-22-37(25-36(29)24-33-20-18-32(19-21-33)12-10-11-23-43)41-39(45-27-35-15-8-5-9-16-35)38(44-26-34-13-6-4-7-14-34)30(2)40(47-41,28-46-41)31(3)42/h4-9,13-22,25,30-31,38-39,43H,10-12,23-24,26-28H2,1-3H3/t30-,31?,38-,39+,40-,41-/m0/s1. The van der Waals surface area contributed by atoms with E-state index in [-0.39, 0.29) is 22.6 Å². The fourth-order valence-corrected chi connectivity index (χ4v) is 7.95. The van der Waals surface area contributed by atoms with Crippen LogP contribution in [0, 0.1) is 12.8 Å². The molecule has 47 heavy (non-hydrogen) atoms. The van der Waals surface area contributed by atoms with Crippen LogP contribution in [0.2, 0.25) is 0 Å². The molecule has 4 aromatic carbocycles. The second kappa shape index (κ2) is 15.3. The van der Waals surface area contributed by atoms with E-state index in [1.54, 1.807) is 0 Å². The van der Waals surface area contributed by atoms with Crippen molar-refractivity contribution in [2.24, 2.45) is 5.92 Å². The predicted molar refractivity (Wildman–Crippen MR) is 195 cm³/mol. The maximum atomic E-state index is 9.14. The maximum absolute atomic E-state index is 9.14. The van der Waals surface area contributed by atoms with Crippen LogP contribution < -0.4 is 0 Å². The summed E-state index contributed by atoms with van der Waals surface area (Å²) in [4.78, 5) is 0. The van der Waals surface area contributed by atoms with E-state index in [1.807, 2.05) is 24.3 Å². The van der Waals surface area contributed by atoms with Crippen LogP contribution in [0.5, 0.6) is 0 Å². The molecule has 4 aromatic rings. The Labute approximate surface area is 293 Å². The molecular weight excluding hydrogens is 699 g/mol. The lowest BCUT2D eigenvalue weighted by Gasteiger charge is -2.51. The van der Waals surface area contributed by atoms with Crippen molar-refractivity contribution < 1.29 is 24.1 Å². The molecule has 6 heteroatoms. The van der Waals surface area contributed by atoms with Gasteiger partial charge in [0.15, 0.2) is 0 Å². The molecule has 2 saturated heterocycles. The zero-order chi connectivity index (χ0) is 32.9. The summed E-state index contributed by atoms with van der Waals surface area (Å²) in [6.45, 7) is 8.24. The van der Waals surface area contributed by atoms with Crippen molar-refractivity contribution in [3.63, 3.8) is 0 Å². The average molecular weight is 747 g/mol. The highest BCUT2D eigenvalue weighted by molar-refractivity contribution is 14.1. The first-order valence-corrected chi connectivity index (χ1v) is 18.2. The lowest BCUT2D eigenvalue weighted by molar-refractivity contribution is -0.332. The summed E-state index contributed by atoms with van der Waals surface area (Å²) < 4.78 is 28.2. The Hall–Kier alpha value is -2.59. The smallest absolute Gasteiger partial charge is 0.225 e. The van der Waals surface area contributed by atoms with Gasteiger partial charge in [-0.2, -0.15) is 0 Å². The number of hydrogen-bond acceptors (Lipinski definition) is 5. The van der Waals surface area contributed by atoms with Crippen LogP contribution in [0.1, 0.15) is 65.6 Å². The Morgan fingerprint density at radius 1 is 0.830 bits per heavy atom. The summed E-state index contributed by atoms with van der Waals surface area (Å²) >= 11 is 2.50. The van der Waals surface area contributed by atoms with E-state index in [2.05, 4.69) is 122 Å². The molecule has 1 N–H and O–H groups in total. The van der Waals surface area contributed by atoms with Gasteiger partial charge in [0.2, 0.25) is 5.79 Å². The Morgan fingerprint density at radius 2 is 1.47 bits per heavy atom. The fraction of sp³-hybridized carbons (Fsp3) is 0.415. The summed E-state index contributed by atoms with van der Waals surface area (Å²) in [6.07, 6.45) is 2.86. The van der Waals surface area contributed by atoms with Crippen molar-refractivity contribution in [2.45, 2.75) is 87.2 Å². The second-order valence-electron chi connectivity index (χ2n) is 13.2. The summed E-state index contributed by atoms with van der Waals surface area (Å²) in [7, 11) is 0. The van der Waals surface area contributed by atoms with E-state index < -0.39 is 17.5 Å². The molecule has 2 aliphatic heterocycles. The van der Waals surface area contributed by atoms with Crippen LogP contribution in [-0.2, 0) is 50.8 Å². The van der Waals surface area contributed by atoms with E-state index in [9.17, 15) is 0 Å². The van der Waals surface area contributed by atoms with Crippen molar-refractivity contribution >= 4 is 22.6 Å². The summed E-state index contributed by atoms with van der Waals surface area (Å²) in [5.74, 6) is -1.10. The summed E-state index contributed by atoms with van der Waals surface area (Å²) in [6, 6.07) is 36.1. The average Bonchev–Trinajstić information content (AvgIpc) is 3.48. The van der Waals surface area contributed by atoms with Gasteiger partial charge in [-0.1, -0.05) is 134 Å². The van der Waals surface area contributed by atoms with E-state index >= 15 is 0 Å². The highest BCUT2D eigenvalue weighted by atomic mass is 127. The lowest BCUT2D eigenvalue weighted by atomic mass is 9.76. The number of rotatable bonds is 14.